The van der Waals surface area contributed by atoms with Crippen LogP contribution >= 0.6 is 0 Å². The van der Waals surface area contributed by atoms with Gasteiger partial charge in [-0.2, -0.15) is 4.57 Å². The van der Waals surface area contributed by atoms with Gasteiger partial charge in [-0.05, 0) is 39.2 Å². The van der Waals surface area contributed by atoms with Crippen molar-refractivity contribution in [2.24, 2.45) is 0 Å². The zero-order valence-corrected chi connectivity index (χ0v) is 16.3. The fourth-order valence-electron chi connectivity index (χ4n) is 4.01. The second kappa shape index (κ2) is 7.76. The first kappa shape index (κ1) is 17.4. The molecule has 0 unspecified atom stereocenters. The van der Waals surface area contributed by atoms with E-state index in [4.69, 9.17) is 0 Å². The minimum absolute atomic E-state index is 0.789. The van der Waals surface area contributed by atoms with Crippen molar-refractivity contribution in [2.75, 3.05) is 5.32 Å². The van der Waals surface area contributed by atoms with Crippen LogP contribution in [0.1, 0.15) is 11.1 Å². The summed E-state index contributed by atoms with van der Waals surface area (Å²) < 4.78 is 2.22. The van der Waals surface area contributed by atoms with Crippen molar-refractivity contribution >= 4 is 27.2 Å². The Hall–Kier alpha value is -3.65. The highest BCUT2D eigenvalue weighted by Crippen LogP contribution is 2.29. The average Bonchev–Trinajstić information content (AvgIpc) is 2.77. The van der Waals surface area contributed by atoms with Gasteiger partial charge in [0.05, 0.1) is 5.69 Å². The molecule has 0 aliphatic carbocycles. The quantitative estimate of drug-likeness (QED) is 0.297. The Morgan fingerprint density at radius 3 is 2.03 bits per heavy atom. The molecule has 29 heavy (non-hydrogen) atoms. The minimum Gasteiger partial charge on any atom is -0.376 e. The van der Waals surface area contributed by atoms with Gasteiger partial charge in [-0.25, -0.2) is 0 Å². The van der Waals surface area contributed by atoms with Gasteiger partial charge in [0.25, 0.3) is 0 Å². The van der Waals surface area contributed by atoms with E-state index in [2.05, 4.69) is 119 Å². The Morgan fingerprint density at radius 2 is 1.31 bits per heavy atom. The lowest BCUT2D eigenvalue weighted by Gasteiger charge is -2.13. The maximum absolute atomic E-state index is 3.65. The first-order valence-corrected chi connectivity index (χ1v) is 10.0. The molecule has 1 N–H and O–H groups in total. The van der Waals surface area contributed by atoms with E-state index in [-0.39, 0.29) is 0 Å². The predicted octanol–water partition coefficient (Wildman–Crippen LogP) is 5.94. The van der Waals surface area contributed by atoms with Crippen molar-refractivity contribution in [3.05, 3.63) is 121 Å². The SMILES string of the molecule is c1ccc(C[n+]2cccc(NCc3c4ccccc4cc4ccccc34)c2)cc1. The van der Waals surface area contributed by atoms with Gasteiger partial charge in [-0.3, -0.25) is 0 Å². The van der Waals surface area contributed by atoms with Gasteiger partial charge in [-0.1, -0.05) is 78.9 Å². The topological polar surface area (TPSA) is 15.9 Å². The first-order chi connectivity index (χ1) is 14.4. The minimum atomic E-state index is 0.789. The highest BCUT2D eigenvalue weighted by molar-refractivity contribution is 6.02. The van der Waals surface area contributed by atoms with Gasteiger partial charge in [0, 0.05) is 18.2 Å². The molecule has 0 amide bonds. The Labute approximate surface area is 171 Å². The Morgan fingerprint density at radius 1 is 0.655 bits per heavy atom. The molecule has 0 fully saturated rings. The Balaban J connectivity index is 1.45. The molecule has 1 aromatic heterocycles. The molecule has 0 saturated heterocycles. The van der Waals surface area contributed by atoms with E-state index < -0.39 is 0 Å². The number of nitrogens with zero attached hydrogens (tertiary/aromatic N) is 1. The normalized spacial score (nSPS) is 11.0. The summed E-state index contributed by atoms with van der Waals surface area (Å²) in [5, 5.41) is 8.85. The van der Waals surface area contributed by atoms with Crippen LogP contribution in [0.3, 0.4) is 0 Å². The molecule has 4 aromatic carbocycles. The molecule has 2 heteroatoms. The van der Waals surface area contributed by atoms with E-state index in [1.54, 1.807) is 0 Å². The molecular formula is C27H23N2+. The summed E-state index contributed by atoms with van der Waals surface area (Å²) >= 11 is 0. The highest BCUT2D eigenvalue weighted by Gasteiger charge is 2.09. The molecule has 5 aromatic rings. The second-order valence-electron chi connectivity index (χ2n) is 7.40. The van der Waals surface area contributed by atoms with E-state index in [1.165, 1.54) is 32.7 Å². The highest BCUT2D eigenvalue weighted by atomic mass is 15.0. The number of anilines is 1. The summed E-state index contributed by atoms with van der Waals surface area (Å²) in [6, 6.07) is 34.4. The zero-order valence-electron chi connectivity index (χ0n) is 16.3. The van der Waals surface area contributed by atoms with Crippen molar-refractivity contribution in [3.8, 4) is 0 Å². The second-order valence-corrected chi connectivity index (χ2v) is 7.40. The fourth-order valence-corrected chi connectivity index (χ4v) is 4.01. The van der Waals surface area contributed by atoms with Gasteiger partial charge in [0.15, 0.2) is 18.9 Å². The lowest BCUT2D eigenvalue weighted by atomic mass is 9.97. The largest absolute Gasteiger partial charge is 0.376 e. The lowest BCUT2D eigenvalue weighted by Crippen LogP contribution is -2.33. The number of hydrogen-bond acceptors (Lipinski definition) is 1. The van der Waals surface area contributed by atoms with Crippen LogP contribution in [-0.4, -0.2) is 0 Å². The van der Waals surface area contributed by atoms with Gasteiger partial charge in [-0.15, -0.1) is 0 Å². The van der Waals surface area contributed by atoms with Crippen LogP contribution < -0.4 is 9.88 Å². The van der Waals surface area contributed by atoms with Crippen LogP contribution in [-0.2, 0) is 13.1 Å². The number of aromatic nitrogens is 1. The van der Waals surface area contributed by atoms with Gasteiger partial charge in [0.1, 0.15) is 0 Å². The molecule has 2 nitrogen and oxygen atoms in total. The Kier molecular flexibility index (Phi) is 4.67. The summed E-state index contributed by atoms with van der Waals surface area (Å²) in [6.07, 6.45) is 4.30. The molecule has 0 saturated carbocycles. The van der Waals surface area contributed by atoms with Crippen LogP contribution in [0.4, 0.5) is 5.69 Å². The van der Waals surface area contributed by atoms with Crippen LogP contribution in [0.2, 0.25) is 0 Å². The molecule has 5 rings (SSSR count). The predicted molar refractivity (Wildman–Crippen MR) is 121 cm³/mol. The Bertz CT molecular complexity index is 1220. The summed E-state index contributed by atoms with van der Waals surface area (Å²) in [5.74, 6) is 0. The number of hydrogen-bond donors (Lipinski definition) is 1. The van der Waals surface area contributed by atoms with E-state index in [0.717, 1.165) is 18.8 Å². The average molecular weight is 375 g/mol. The van der Waals surface area contributed by atoms with Crippen molar-refractivity contribution in [1.29, 1.82) is 0 Å². The van der Waals surface area contributed by atoms with Crippen molar-refractivity contribution in [2.45, 2.75) is 13.1 Å². The number of benzene rings is 4. The smallest absolute Gasteiger partial charge is 0.192 e. The van der Waals surface area contributed by atoms with Crippen molar-refractivity contribution in [1.82, 2.24) is 0 Å². The summed E-state index contributed by atoms with van der Waals surface area (Å²) in [6.45, 7) is 1.66. The van der Waals surface area contributed by atoms with Crippen molar-refractivity contribution < 1.29 is 4.57 Å². The van der Waals surface area contributed by atoms with E-state index in [1.807, 2.05) is 0 Å². The molecule has 0 spiro atoms. The molecule has 1 heterocycles. The monoisotopic (exact) mass is 375 g/mol. The van der Waals surface area contributed by atoms with Crippen LogP contribution in [0.5, 0.6) is 0 Å². The number of nitrogens with one attached hydrogen (secondary N) is 1. The first-order valence-electron chi connectivity index (χ1n) is 10.0. The molecule has 0 aliphatic heterocycles. The van der Waals surface area contributed by atoms with E-state index in [9.17, 15) is 0 Å². The van der Waals surface area contributed by atoms with Crippen LogP contribution in [0.25, 0.3) is 21.5 Å². The van der Waals surface area contributed by atoms with Gasteiger partial charge < -0.3 is 5.32 Å². The molecule has 0 aliphatic rings. The standard InChI is InChI=1S/C27H23N2/c1-2-9-21(10-3-1)19-29-16-8-13-24(20-29)28-18-27-25-14-6-4-11-22(25)17-23-12-5-7-15-26(23)27/h1-17,20,28H,18-19H2/q+1. The summed E-state index contributed by atoms with van der Waals surface area (Å²) in [5.41, 5.74) is 3.77. The van der Waals surface area contributed by atoms with E-state index >= 15 is 0 Å². The van der Waals surface area contributed by atoms with Gasteiger partial charge >= 0.3 is 0 Å². The zero-order chi connectivity index (χ0) is 19.5. The van der Waals surface area contributed by atoms with Crippen molar-refractivity contribution in [3.63, 3.8) is 0 Å². The molecule has 140 valence electrons. The lowest BCUT2D eigenvalue weighted by molar-refractivity contribution is -0.687. The third-order valence-corrected chi connectivity index (χ3v) is 5.42. The summed E-state index contributed by atoms with van der Waals surface area (Å²) in [4.78, 5) is 0. The third-order valence-electron chi connectivity index (χ3n) is 5.42. The molecule has 0 atom stereocenters. The summed E-state index contributed by atoms with van der Waals surface area (Å²) in [7, 11) is 0. The molecule has 0 bridgehead atoms. The van der Waals surface area contributed by atoms with Crippen LogP contribution in [0, 0.1) is 0 Å². The van der Waals surface area contributed by atoms with E-state index in [0.29, 0.717) is 0 Å². The number of fused-ring (bicyclic) bond motifs is 2. The number of pyridine rings is 1. The van der Waals surface area contributed by atoms with Gasteiger partial charge in [0.2, 0.25) is 0 Å². The number of rotatable bonds is 5. The third kappa shape index (κ3) is 3.70. The van der Waals surface area contributed by atoms with Crippen LogP contribution in [0.15, 0.2) is 109 Å². The molecular weight excluding hydrogens is 352 g/mol. The molecule has 0 radical (unpaired) electrons. The fraction of sp³-hybridized carbons (Fsp3) is 0.0741. The maximum atomic E-state index is 3.65. The maximum Gasteiger partial charge on any atom is 0.192 e.